The molecule has 0 heterocycles. The number of halogens is 1. The standard InChI is InChI=1S/C20H20BrN3O/c1-14(2)16-6-8-19(9-7-16)24-20(25)17(11-22)13-23-12-15-4-3-5-18(21)10-15/h3-10,13-14,23H,12H2,1-2H3,(H,24,25)/b17-13-. The van der Waals surface area contributed by atoms with Crippen LogP contribution >= 0.6 is 15.9 Å². The molecule has 5 heteroatoms. The van der Waals surface area contributed by atoms with Gasteiger partial charge in [0.25, 0.3) is 5.91 Å². The highest BCUT2D eigenvalue weighted by Crippen LogP contribution is 2.17. The number of hydrogen-bond acceptors (Lipinski definition) is 3. The van der Waals surface area contributed by atoms with Crippen LogP contribution in [-0.2, 0) is 11.3 Å². The van der Waals surface area contributed by atoms with Crippen LogP contribution in [0.2, 0.25) is 0 Å². The van der Waals surface area contributed by atoms with Gasteiger partial charge in [0.1, 0.15) is 11.6 Å². The fourth-order valence-electron chi connectivity index (χ4n) is 2.22. The molecule has 0 radical (unpaired) electrons. The van der Waals surface area contributed by atoms with Crippen LogP contribution in [0.5, 0.6) is 0 Å². The number of carbonyl (C=O) groups excluding carboxylic acids is 1. The Morgan fingerprint density at radius 1 is 1.24 bits per heavy atom. The highest BCUT2D eigenvalue weighted by Gasteiger charge is 2.09. The van der Waals surface area contributed by atoms with Crippen molar-refractivity contribution >= 4 is 27.5 Å². The molecular formula is C20H20BrN3O. The van der Waals surface area contributed by atoms with Crippen LogP contribution in [0.25, 0.3) is 0 Å². The van der Waals surface area contributed by atoms with Crippen molar-refractivity contribution in [2.75, 3.05) is 5.32 Å². The first-order chi connectivity index (χ1) is 12.0. The van der Waals surface area contributed by atoms with E-state index >= 15 is 0 Å². The Labute approximate surface area is 156 Å². The number of anilines is 1. The van der Waals surface area contributed by atoms with Crippen molar-refractivity contribution in [3.8, 4) is 6.07 Å². The summed E-state index contributed by atoms with van der Waals surface area (Å²) in [7, 11) is 0. The number of carbonyl (C=O) groups is 1. The van der Waals surface area contributed by atoms with Crippen LogP contribution in [0.3, 0.4) is 0 Å². The summed E-state index contributed by atoms with van der Waals surface area (Å²) < 4.78 is 0.985. The Balaban J connectivity index is 1.96. The molecule has 0 spiro atoms. The smallest absolute Gasteiger partial charge is 0.267 e. The number of hydrogen-bond donors (Lipinski definition) is 2. The van der Waals surface area contributed by atoms with Gasteiger partial charge in [0.05, 0.1) is 0 Å². The molecule has 0 aliphatic carbocycles. The summed E-state index contributed by atoms with van der Waals surface area (Å²) in [5.74, 6) is 0.00285. The summed E-state index contributed by atoms with van der Waals surface area (Å²) in [4.78, 5) is 12.2. The Morgan fingerprint density at radius 2 is 1.96 bits per heavy atom. The van der Waals surface area contributed by atoms with Gasteiger partial charge in [0.15, 0.2) is 0 Å². The number of nitrogens with one attached hydrogen (secondary N) is 2. The molecule has 2 aromatic rings. The monoisotopic (exact) mass is 397 g/mol. The van der Waals surface area contributed by atoms with Crippen molar-refractivity contribution < 1.29 is 4.79 Å². The molecule has 0 aliphatic rings. The topological polar surface area (TPSA) is 64.9 Å². The zero-order valence-electron chi connectivity index (χ0n) is 14.2. The van der Waals surface area contributed by atoms with E-state index in [0.29, 0.717) is 18.2 Å². The van der Waals surface area contributed by atoms with Gasteiger partial charge in [-0.1, -0.05) is 54.0 Å². The van der Waals surface area contributed by atoms with Crippen molar-refractivity contribution in [1.82, 2.24) is 5.32 Å². The first kappa shape index (κ1) is 18.8. The summed E-state index contributed by atoms with van der Waals surface area (Å²) >= 11 is 3.41. The number of nitrogens with zero attached hydrogens (tertiary/aromatic N) is 1. The third-order valence-electron chi connectivity index (χ3n) is 3.64. The van der Waals surface area contributed by atoms with Crippen LogP contribution in [0.1, 0.15) is 30.9 Å². The van der Waals surface area contributed by atoms with Gasteiger partial charge in [-0.05, 0) is 41.3 Å². The number of nitriles is 1. The van der Waals surface area contributed by atoms with Gasteiger partial charge in [-0.15, -0.1) is 0 Å². The van der Waals surface area contributed by atoms with Gasteiger partial charge in [-0.3, -0.25) is 4.79 Å². The maximum absolute atomic E-state index is 12.2. The highest BCUT2D eigenvalue weighted by molar-refractivity contribution is 9.10. The molecule has 0 atom stereocenters. The molecule has 1 amide bonds. The van der Waals surface area contributed by atoms with Gasteiger partial charge < -0.3 is 10.6 Å². The Morgan fingerprint density at radius 3 is 2.56 bits per heavy atom. The third kappa shape index (κ3) is 5.77. The van der Waals surface area contributed by atoms with Crippen LogP contribution < -0.4 is 10.6 Å². The maximum atomic E-state index is 12.2. The van der Waals surface area contributed by atoms with E-state index in [2.05, 4.69) is 40.4 Å². The molecule has 25 heavy (non-hydrogen) atoms. The van der Waals surface area contributed by atoms with E-state index in [1.165, 1.54) is 11.8 Å². The lowest BCUT2D eigenvalue weighted by atomic mass is 10.0. The molecule has 0 saturated carbocycles. The quantitative estimate of drug-likeness (QED) is 0.547. The van der Waals surface area contributed by atoms with E-state index in [1.54, 1.807) is 0 Å². The largest absolute Gasteiger partial charge is 0.386 e. The van der Waals surface area contributed by atoms with E-state index in [4.69, 9.17) is 0 Å². The molecule has 2 rings (SSSR count). The molecule has 0 fully saturated rings. The first-order valence-electron chi connectivity index (χ1n) is 7.99. The minimum Gasteiger partial charge on any atom is -0.386 e. The predicted molar refractivity (Wildman–Crippen MR) is 104 cm³/mol. The first-order valence-corrected chi connectivity index (χ1v) is 8.78. The van der Waals surface area contributed by atoms with Crippen LogP contribution in [0.4, 0.5) is 5.69 Å². The fourth-order valence-corrected chi connectivity index (χ4v) is 2.66. The van der Waals surface area contributed by atoms with Gasteiger partial charge in [-0.25, -0.2) is 0 Å². The summed E-state index contributed by atoms with van der Waals surface area (Å²) in [6.07, 6.45) is 1.44. The van der Waals surface area contributed by atoms with Gasteiger partial charge >= 0.3 is 0 Å². The van der Waals surface area contributed by atoms with E-state index in [-0.39, 0.29) is 5.57 Å². The Kier molecular flexibility index (Phi) is 6.79. The fraction of sp³-hybridized carbons (Fsp3) is 0.200. The summed E-state index contributed by atoms with van der Waals surface area (Å²) in [5.41, 5.74) is 2.95. The molecule has 2 N–H and O–H groups in total. The van der Waals surface area contributed by atoms with E-state index < -0.39 is 5.91 Å². The molecule has 4 nitrogen and oxygen atoms in total. The summed E-state index contributed by atoms with van der Waals surface area (Å²) in [6, 6.07) is 17.4. The molecule has 0 unspecified atom stereocenters. The average molecular weight is 398 g/mol. The molecule has 2 aromatic carbocycles. The average Bonchev–Trinajstić information content (AvgIpc) is 2.59. The Bertz CT molecular complexity index is 804. The van der Waals surface area contributed by atoms with Crippen LogP contribution in [-0.4, -0.2) is 5.91 Å². The van der Waals surface area contributed by atoms with E-state index in [1.807, 2.05) is 54.6 Å². The second-order valence-electron chi connectivity index (χ2n) is 5.91. The van der Waals surface area contributed by atoms with Crippen LogP contribution in [0, 0.1) is 11.3 Å². The second kappa shape index (κ2) is 9.05. The molecule has 0 aliphatic heterocycles. The van der Waals surface area contributed by atoms with Crippen molar-refractivity contribution in [2.45, 2.75) is 26.3 Å². The van der Waals surface area contributed by atoms with Gasteiger partial charge in [-0.2, -0.15) is 5.26 Å². The number of benzene rings is 2. The Hall–Kier alpha value is -2.58. The van der Waals surface area contributed by atoms with Gasteiger partial charge in [0, 0.05) is 22.9 Å². The minimum absolute atomic E-state index is 0.0305. The molecule has 128 valence electrons. The zero-order valence-corrected chi connectivity index (χ0v) is 15.8. The minimum atomic E-state index is -0.429. The van der Waals surface area contributed by atoms with Crippen LogP contribution in [0.15, 0.2) is 64.8 Å². The second-order valence-corrected chi connectivity index (χ2v) is 6.83. The lowest BCUT2D eigenvalue weighted by molar-refractivity contribution is -0.112. The normalized spacial score (nSPS) is 11.1. The van der Waals surface area contributed by atoms with Crippen molar-refractivity contribution in [1.29, 1.82) is 5.26 Å². The lowest BCUT2D eigenvalue weighted by Crippen LogP contribution is -2.16. The highest BCUT2D eigenvalue weighted by atomic mass is 79.9. The third-order valence-corrected chi connectivity index (χ3v) is 4.14. The molecule has 0 aromatic heterocycles. The predicted octanol–water partition coefficient (Wildman–Crippen LogP) is 4.71. The van der Waals surface area contributed by atoms with Crippen molar-refractivity contribution in [2.24, 2.45) is 0 Å². The van der Waals surface area contributed by atoms with Gasteiger partial charge in [0.2, 0.25) is 0 Å². The number of amides is 1. The zero-order chi connectivity index (χ0) is 18.2. The summed E-state index contributed by atoms with van der Waals surface area (Å²) in [6.45, 7) is 4.75. The van der Waals surface area contributed by atoms with E-state index in [0.717, 1.165) is 10.0 Å². The molecule has 0 bridgehead atoms. The van der Waals surface area contributed by atoms with E-state index in [9.17, 15) is 10.1 Å². The molecular weight excluding hydrogens is 378 g/mol. The van der Waals surface area contributed by atoms with Crippen molar-refractivity contribution in [3.05, 3.63) is 75.9 Å². The van der Waals surface area contributed by atoms with Crippen molar-refractivity contribution in [3.63, 3.8) is 0 Å². The summed E-state index contributed by atoms with van der Waals surface area (Å²) in [5, 5.41) is 15.0. The maximum Gasteiger partial charge on any atom is 0.267 e. The SMILES string of the molecule is CC(C)c1ccc(NC(=O)/C(C#N)=C\NCc2cccc(Br)c2)cc1. The lowest BCUT2D eigenvalue weighted by Gasteiger charge is -2.08. The number of rotatable bonds is 6. The molecule has 0 saturated heterocycles.